The van der Waals surface area contributed by atoms with Crippen LogP contribution in [0.4, 0.5) is 4.79 Å². The van der Waals surface area contributed by atoms with E-state index in [2.05, 4.69) is 15.9 Å². The molecule has 2 aromatic rings. The van der Waals surface area contributed by atoms with Crippen LogP contribution in [0.5, 0.6) is 11.5 Å². The van der Waals surface area contributed by atoms with Crippen LogP contribution in [0.2, 0.25) is 0 Å². The van der Waals surface area contributed by atoms with E-state index in [9.17, 15) is 14.4 Å². The van der Waals surface area contributed by atoms with Crippen molar-refractivity contribution in [3.8, 4) is 11.5 Å². The number of esters is 1. The SMILES string of the molecule is CCOC(=O)[C@@H](C)N1C(=O)S/C(=C/c2ccc(OCc3ccc(Br)cc3)c(OC)c2)C1=O. The molecule has 0 aromatic heterocycles. The summed E-state index contributed by atoms with van der Waals surface area (Å²) < 4.78 is 17.2. The van der Waals surface area contributed by atoms with Crippen molar-refractivity contribution >= 4 is 50.9 Å². The van der Waals surface area contributed by atoms with Gasteiger partial charge in [0.25, 0.3) is 11.1 Å². The van der Waals surface area contributed by atoms with Crippen molar-refractivity contribution in [2.75, 3.05) is 13.7 Å². The second kappa shape index (κ2) is 10.7. The quantitative estimate of drug-likeness (QED) is 0.357. The van der Waals surface area contributed by atoms with Gasteiger partial charge in [0.1, 0.15) is 12.6 Å². The number of ether oxygens (including phenoxy) is 3. The molecule has 0 radical (unpaired) electrons. The lowest BCUT2D eigenvalue weighted by Crippen LogP contribution is -2.42. The highest BCUT2D eigenvalue weighted by Gasteiger charge is 2.41. The summed E-state index contributed by atoms with van der Waals surface area (Å²) in [5.74, 6) is -0.105. The Hall–Kier alpha value is -2.78. The number of hydrogen-bond donors (Lipinski definition) is 0. The molecule has 0 spiro atoms. The number of thioether (sulfide) groups is 1. The summed E-state index contributed by atoms with van der Waals surface area (Å²) in [7, 11) is 1.53. The molecule has 1 saturated heterocycles. The molecule has 1 aliphatic rings. The Kier molecular flexibility index (Phi) is 7.98. The van der Waals surface area contributed by atoms with E-state index >= 15 is 0 Å². The summed E-state index contributed by atoms with van der Waals surface area (Å²) in [4.78, 5) is 38.1. The van der Waals surface area contributed by atoms with E-state index < -0.39 is 23.2 Å². The number of carbonyl (C=O) groups is 3. The molecular formula is C23H22BrNO6S. The van der Waals surface area contributed by atoms with Gasteiger partial charge in [0, 0.05) is 4.47 Å². The van der Waals surface area contributed by atoms with E-state index in [0.717, 1.165) is 26.7 Å². The molecule has 0 unspecified atom stereocenters. The number of nitrogens with zero attached hydrogens (tertiary/aromatic N) is 1. The summed E-state index contributed by atoms with van der Waals surface area (Å²) in [6, 6.07) is 12.0. The third-order valence-electron chi connectivity index (χ3n) is 4.63. The number of amides is 2. The highest BCUT2D eigenvalue weighted by molar-refractivity contribution is 9.10. The van der Waals surface area contributed by atoms with Crippen LogP contribution in [0, 0.1) is 0 Å². The molecule has 3 rings (SSSR count). The number of benzene rings is 2. The Labute approximate surface area is 198 Å². The molecule has 2 amide bonds. The average molecular weight is 520 g/mol. The van der Waals surface area contributed by atoms with Crippen molar-refractivity contribution in [1.29, 1.82) is 0 Å². The zero-order valence-corrected chi connectivity index (χ0v) is 20.2. The molecule has 0 aliphatic carbocycles. The van der Waals surface area contributed by atoms with Crippen LogP contribution in [0.15, 0.2) is 51.8 Å². The Morgan fingerprint density at radius 1 is 1.16 bits per heavy atom. The highest BCUT2D eigenvalue weighted by atomic mass is 79.9. The number of rotatable bonds is 8. The molecule has 1 heterocycles. The summed E-state index contributed by atoms with van der Waals surface area (Å²) in [6.07, 6.45) is 1.59. The van der Waals surface area contributed by atoms with Gasteiger partial charge in [-0.25, -0.2) is 4.79 Å². The molecule has 1 aliphatic heterocycles. The fraction of sp³-hybridized carbons (Fsp3) is 0.261. The highest BCUT2D eigenvalue weighted by Crippen LogP contribution is 2.36. The first kappa shape index (κ1) is 23.9. The molecule has 32 heavy (non-hydrogen) atoms. The lowest BCUT2D eigenvalue weighted by molar-refractivity contribution is -0.150. The molecule has 9 heteroatoms. The van der Waals surface area contributed by atoms with Crippen molar-refractivity contribution in [1.82, 2.24) is 4.90 Å². The van der Waals surface area contributed by atoms with Gasteiger partial charge >= 0.3 is 5.97 Å². The summed E-state index contributed by atoms with van der Waals surface area (Å²) in [5.41, 5.74) is 1.66. The molecule has 2 aromatic carbocycles. The maximum absolute atomic E-state index is 12.7. The Balaban J connectivity index is 1.75. The predicted octanol–water partition coefficient (Wildman–Crippen LogP) is 5.02. The molecule has 0 bridgehead atoms. The third-order valence-corrected chi connectivity index (χ3v) is 6.04. The fourth-order valence-corrected chi connectivity index (χ4v) is 4.14. The van der Waals surface area contributed by atoms with E-state index in [0.29, 0.717) is 23.7 Å². The van der Waals surface area contributed by atoms with Crippen LogP contribution >= 0.6 is 27.7 Å². The molecule has 1 atom stereocenters. The van der Waals surface area contributed by atoms with Gasteiger partial charge in [-0.15, -0.1) is 0 Å². The van der Waals surface area contributed by atoms with E-state index in [-0.39, 0.29) is 11.5 Å². The Bertz CT molecular complexity index is 1050. The van der Waals surface area contributed by atoms with Gasteiger partial charge in [0.05, 0.1) is 18.6 Å². The molecule has 0 saturated carbocycles. The maximum atomic E-state index is 12.7. The van der Waals surface area contributed by atoms with E-state index in [1.807, 2.05) is 24.3 Å². The van der Waals surface area contributed by atoms with Gasteiger partial charge in [0.2, 0.25) is 0 Å². The normalized spacial score (nSPS) is 15.8. The smallest absolute Gasteiger partial charge is 0.329 e. The molecule has 0 N–H and O–H groups in total. The van der Waals surface area contributed by atoms with Crippen LogP contribution in [0.25, 0.3) is 6.08 Å². The zero-order valence-electron chi connectivity index (χ0n) is 17.8. The number of methoxy groups -OCH3 is 1. The lowest BCUT2D eigenvalue weighted by Gasteiger charge is -2.19. The molecule has 1 fully saturated rings. The van der Waals surface area contributed by atoms with E-state index in [1.165, 1.54) is 14.0 Å². The van der Waals surface area contributed by atoms with E-state index in [4.69, 9.17) is 14.2 Å². The van der Waals surface area contributed by atoms with Crippen LogP contribution in [0.3, 0.4) is 0 Å². The lowest BCUT2D eigenvalue weighted by atomic mass is 10.1. The molecule has 7 nitrogen and oxygen atoms in total. The van der Waals surface area contributed by atoms with Crippen LogP contribution in [0.1, 0.15) is 25.0 Å². The minimum atomic E-state index is -0.989. The zero-order chi connectivity index (χ0) is 23.3. The van der Waals surface area contributed by atoms with Crippen molar-refractivity contribution < 1.29 is 28.6 Å². The number of hydrogen-bond acceptors (Lipinski definition) is 7. The number of carbonyl (C=O) groups excluding carboxylic acids is 3. The third kappa shape index (κ3) is 5.52. The van der Waals surface area contributed by atoms with E-state index in [1.54, 1.807) is 31.2 Å². The largest absolute Gasteiger partial charge is 0.493 e. The van der Waals surface area contributed by atoms with Gasteiger partial charge in [-0.05, 0) is 67.1 Å². The Morgan fingerprint density at radius 3 is 2.53 bits per heavy atom. The maximum Gasteiger partial charge on any atom is 0.329 e. The molecule has 168 valence electrons. The number of imide groups is 1. The van der Waals surface area contributed by atoms with Gasteiger partial charge < -0.3 is 14.2 Å². The second-order valence-electron chi connectivity index (χ2n) is 6.81. The second-order valence-corrected chi connectivity index (χ2v) is 8.71. The van der Waals surface area contributed by atoms with Crippen molar-refractivity contribution in [3.05, 3.63) is 63.0 Å². The fourth-order valence-electron chi connectivity index (χ4n) is 2.97. The number of halogens is 1. The van der Waals surface area contributed by atoms with Crippen LogP contribution in [-0.4, -0.2) is 41.8 Å². The van der Waals surface area contributed by atoms with Crippen LogP contribution in [-0.2, 0) is 20.9 Å². The summed E-state index contributed by atoms with van der Waals surface area (Å²) >= 11 is 4.18. The van der Waals surface area contributed by atoms with Crippen molar-refractivity contribution in [3.63, 3.8) is 0 Å². The van der Waals surface area contributed by atoms with Crippen LogP contribution < -0.4 is 9.47 Å². The minimum Gasteiger partial charge on any atom is -0.493 e. The first-order valence-corrected chi connectivity index (χ1v) is 11.4. The first-order chi connectivity index (χ1) is 15.3. The average Bonchev–Trinajstić information content (AvgIpc) is 3.06. The van der Waals surface area contributed by atoms with Crippen molar-refractivity contribution in [2.24, 2.45) is 0 Å². The van der Waals surface area contributed by atoms with Gasteiger partial charge in [0.15, 0.2) is 11.5 Å². The predicted molar refractivity (Wildman–Crippen MR) is 125 cm³/mol. The van der Waals surface area contributed by atoms with Crippen molar-refractivity contribution in [2.45, 2.75) is 26.5 Å². The summed E-state index contributed by atoms with van der Waals surface area (Å²) in [6.45, 7) is 3.68. The minimum absolute atomic E-state index is 0.172. The topological polar surface area (TPSA) is 82.1 Å². The summed E-state index contributed by atoms with van der Waals surface area (Å²) in [5, 5.41) is -0.511. The monoisotopic (exact) mass is 519 g/mol. The first-order valence-electron chi connectivity index (χ1n) is 9.83. The van der Waals surface area contributed by atoms with Gasteiger partial charge in [-0.1, -0.05) is 34.1 Å². The molecular weight excluding hydrogens is 498 g/mol. The standard InChI is InChI=1S/C23H22BrNO6S/c1-4-30-22(27)14(2)25-21(26)20(32-23(25)28)12-16-7-10-18(19(11-16)29-3)31-13-15-5-8-17(24)9-6-15/h5-12,14H,4,13H2,1-3H3/b20-12+/t14-/m1/s1. The Morgan fingerprint density at radius 2 is 1.88 bits per heavy atom. The van der Waals surface area contributed by atoms with Gasteiger partial charge in [-0.3, -0.25) is 14.5 Å². The van der Waals surface area contributed by atoms with Gasteiger partial charge in [-0.2, -0.15) is 0 Å².